The Balaban J connectivity index is 1.83. The standard InChI is InChI=1S/C22H19N3/c1-15-7-11-17(12-8-15)21-24-20-6-4-3-5-19(20)22(25-21)23-18-13-9-16(2)10-14-18/h3-14H,1-2H3,(H,23,24,25). The van der Waals surface area contributed by atoms with E-state index in [1.165, 1.54) is 11.1 Å². The van der Waals surface area contributed by atoms with Crippen LogP contribution in [0.3, 0.4) is 0 Å². The minimum absolute atomic E-state index is 0.730. The summed E-state index contributed by atoms with van der Waals surface area (Å²) in [5, 5.41) is 4.46. The Bertz CT molecular complexity index is 1020. The molecule has 122 valence electrons. The van der Waals surface area contributed by atoms with Crippen LogP contribution in [-0.2, 0) is 0 Å². The topological polar surface area (TPSA) is 37.8 Å². The van der Waals surface area contributed by atoms with Crippen molar-refractivity contribution in [3.05, 3.63) is 83.9 Å². The van der Waals surface area contributed by atoms with E-state index in [0.29, 0.717) is 0 Å². The van der Waals surface area contributed by atoms with Crippen molar-refractivity contribution in [2.45, 2.75) is 13.8 Å². The van der Waals surface area contributed by atoms with Crippen LogP contribution in [0.2, 0.25) is 0 Å². The summed E-state index contributed by atoms with van der Waals surface area (Å²) in [4.78, 5) is 9.54. The van der Waals surface area contributed by atoms with Gasteiger partial charge in [0.1, 0.15) is 5.82 Å². The lowest BCUT2D eigenvalue weighted by molar-refractivity contribution is 1.22. The number of nitrogens with zero attached hydrogens (tertiary/aromatic N) is 2. The molecule has 0 unspecified atom stereocenters. The van der Waals surface area contributed by atoms with Crippen molar-refractivity contribution < 1.29 is 0 Å². The van der Waals surface area contributed by atoms with Crippen LogP contribution in [0.25, 0.3) is 22.3 Å². The Labute approximate surface area is 147 Å². The van der Waals surface area contributed by atoms with Gasteiger partial charge in [0.15, 0.2) is 5.82 Å². The second kappa shape index (κ2) is 6.36. The van der Waals surface area contributed by atoms with Gasteiger partial charge in [0, 0.05) is 16.6 Å². The summed E-state index contributed by atoms with van der Waals surface area (Å²) >= 11 is 0. The van der Waals surface area contributed by atoms with Crippen molar-refractivity contribution in [2.24, 2.45) is 0 Å². The largest absolute Gasteiger partial charge is 0.340 e. The fourth-order valence-corrected chi connectivity index (χ4v) is 2.78. The second-order valence-electron chi connectivity index (χ2n) is 6.27. The third-order valence-electron chi connectivity index (χ3n) is 4.23. The number of fused-ring (bicyclic) bond motifs is 1. The fourth-order valence-electron chi connectivity index (χ4n) is 2.78. The molecular weight excluding hydrogens is 306 g/mol. The third kappa shape index (κ3) is 3.22. The maximum absolute atomic E-state index is 4.80. The monoisotopic (exact) mass is 325 g/mol. The van der Waals surface area contributed by atoms with Gasteiger partial charge in [0.05, 0.1) is 5.52 Å². The van der Waals surface area contributed by atoms with E-state index < -0.39 is 0 Å². The maximum atomic E-state index is 4.80. The van der Waals surface area contributed by atoms with E-state index in [2.05, 4.69) is 67.7 Å². The average molecular weight is 325 g/mol. The molecule has 4 aromatic rings. The van der Waals surface area contributed by atoms with Crippen LogP contribution in [0.1, 0.15) is 11.1 Å². The highest BCUT2D eigenvalue weighted by Gasteiger charge is 2.09. The first-order chi connectivity index (χ1) is 12.2. The molecule has 1 N–H and O–H groups in total. The van der Waals surface area contributed by atoms with E-state index in [0.717, 1.165) is 33.8 Å². The van der Waals surface area contributed by atoms with Gasteiger partial charge in [-0.15, -0.1) is 0 Å². The van der Waals surface area contributed by atoms with Crippen molar-refractivity contribution in [1.29, 1.82) is 0 Å². The zero-order chi connectivity index (χ0) is 17.2. The van der Waals surface area contributed by atoms with Gasteiger partial charge in [-0.1, -0.05) is 59.7 Å². The normalized spacial score (nSPS) is 10.8. The summed E-state index contributed by atoms with van der Waals surface area (Å²) in [6.45, 7) is 4.16. The Morgan fingerprint density at radius 3 is 2.04 bits per heavy atom. The number of anilines is 2. The van der Waals surface area contributed by atoms with Crippen LogP contribution in [-0.4, -0.2) is 9.97 Å². The number of benzene rings is 3. The van der Waals surface area contributed by atoms with Crippen molar-refractivity contribution >= 4 is 22.4 Å². The minimum atomic E-state index is 0.730. The number of aromatic nitrogens is 2. The molecule has 0 amide bonds. The number of aryl methyl sites for hydroxylation is 2. The smallest absolute Gasteiger partial charge is 0.162 e. The highest BCUT2D eigenvalue weighted by molar-refractivity contribution is 5.92. The Kier molecular flexibility index (Phi) is 3.90. The molecule has 0 saturated carbocycles. The maximum Gasteiger partial charge on any atom is 0.162 e. The molecule has 0 bridgehead atoms. The van der Waals surface area contributed by atoms with Crippen molar-refractivity contribution in [3.63, 3.8) is 0 Å². The summed E-state index contributed by atoms with van der Waals surface area (Å²) in [5.41, 5.74) is 5.43. The van der Waals surface area contributed by atoms with Crippen LogP contribution in [0, 0.1) is 13.8 Å². The van der Waals surface area contributed by atoms with Gasteiger partial charge >= 0.3 is 0 Å². The highest BCUT2D eigenvalue weighted by atomic mass is 15.0. The highest BCUT2D eigenvalue weighted by Crippen LogP contribution is 2.27. The third-order valence-corrected chi connectivity index (χ3v) is 4.23. The van der Waals surface area contributed by atoms with E-state index in [1.54, 1.807) is 0 Å². The Morgan fingerprint density at radius 1 is 0.680 bits per heavy atom. The average Bonchev–Trinajstić information content (AvgIpc) is 2.64. The summed E-state index contributed by atoms with van der Waals surface area (Å²) in [5.74, 6) is 1.55. The summed E-state index contributed by atoms with van der Waals surface area (Å²) in [6, 6.07) is 24.7. The number of nitrogens with one attached hydrogen (secondary N) is 1. The van der Waals surface area contributed by atoms with Gasteiger partial charge in [-0.3, -0.25) is 0 Å². The molecule has 0 aliphatic rings. The first-order valence-corrected chi connectivity index (χ1v) is 8.36. The van der Waals surface area contributed by atoms with E-state index >= 15 is 0 Å². The Hall–Kier alpha value is -3.20. The first-order valence-electron chi connectivity index (χ1n) is 8.36. The molecule has 0 atom stereocenters. The van der Waals surface area contributed by atoms with Crippen molar-refractivity contribution in [1.82, 2.24) is 9.97 Å². The molecule has 3 aromatic carbocycles. The molecule has 4 rings (SSSR count). The van der Waals surface area contributed by atoms with Gasteiger partial charge in [-0.05, 0) is 38.1 Å². The summed E-state index contributed by atoms with van der Waals surface area (Å²) < 4.78 is 0. The molecule has 1 aromatic heterocycles. The predicted molar refractivity (Wildman–Crippen MR) is 104 cm³/mol. The Morgan fingerprint density at radius 2 is 1.32 bits per heavy atom. The van der Waals surface area contributed by atoms with Crippen LogP contribution < -0.4 is 5.32 Å². The van der Waals surface area contributed by atoms with Crippen molar-refractivity contribution in [2.75, 3.05) is 5.32 Å². The molecule has 0 radical (unpaired) electrons. The van der Waals surface area contributed by atoms with E-state index in [4.69, 9.17) is 9.97 Å². The molecule has 25 heavy (non-hydrogen) atoms. The summed E-state index contributed by atoms with van der Waals surface area (Å²) in [7, 11) is 0. The van der Waals surface area contributed by atoms with Crippen LogP contribution in [0.15, 0.2) is 72.8 Å². The molecule has 0 saturated heterocycles. The fraction of sp³-hybridized carbons (Fsp3) is 0.0909. The van der Waals surface area contributed by atoms with Gasteiger partial charge in [-0.25, -0.2) is 9.97 Å². The molecule has 3 heteroatoms. The second-order valence-corrected chi connectivity index (χ2v) is 6.27. The van der Waals surface area contributed by atoms with Crippen LogP contribution >= 0.6 is 0 Å². The molecule has 0 aliphatic carbocycles. The van der Waals surface area contributed by atoms with Crippen LogP contribution in [0.5, 0.6) is 0 Å². The molecular formula is C22H19N3. The minimum Gasteiger partial charge on any atom is -0.340 e. The molecule has 0 spiro atoms. The lowest BCUT2D eigenvalue weighted by Gasteiger charge is -2.11. The van der Waals surface area contributed by atoms with E-state index in [9.17, 15) is 0 Å². The lowest BCUT2D eigenvalue weighted by atomic mass is 10.1. The number of para-hydroxylation sites is 1. The summed E-state index contributed by atoms with van der Waals surface area (Å²) in [6.07, 6.45) is 0. The van der Waals surface area contributed by atoms with Gasteiger partial charge in [0.25, 0.3) is 0 Å². The molecule has 0 fully saturated rings. The van der Waals surface area contributed by atoms with E-state index in [1.807, 2.05) is 24.3 Å². The molecule has 3 nitrogen and oxygen atoms in total. The predicted octanol–water partition coefficient (Wildman–Crippen LogP) is 5.66. The number of rotatable bonds is 3. The number of hydrogen-bond acceptors (Lipinski definition) is 3. The zero-order valence-electron chi connectivity index (χ0n) is 14.3. The number of hydrogen-bond donors (Lipinski definition) is 1. The van der Waals surface area contributed by atoms with Gasteiger partial charge < -0.3 is 5.32 Å². The molecule has 0 aliphatic heterocycles. The first kappa shape index (κ1) is 15.3. The van der Waals surface area contributed by atoms with Crippen molar-refractivity contribution in [3.8, 4) is 11.4 Å². The quantitative estimate of drug-likeness (QED) is 0.528. The van der Waals surface area contributed by atoms with Crippen LogP contribution in [0.4, 0.5) is 11.5 Å². The van der Waals surface area contributed by atoms with Gasteiger partial charge in [-0.2, -0.15) is 0 Å². The zero-order valence-corrected chi connectivity index (χ0v) is 14.3. The molecule has 1 heterocycles. The van der Waals surface area contributed by atoms with E-state index in [-0.39, 0.29) is 0 Å². The van der Waals surface area contributed by atoms with Gasteiger partial charge in [0.2, 0.25) is 0 Å². The SMILES string of the molecule is Cc1ccc(Nc2nc(-c3ccc(C)cc3)nc3ccccc23)cc1. The lowest BCUT2D eigenvalue weighted by Crippen LogP contribution is -1.99.